The lowest BCUT2D eigenvalue weighted by atomic mass is 10.1. The molecule has 3 rings (SSSR count). The zero-order chi connectivity index (χ0) is 13.9. The third kappa shape index (κ3) is 2.56. The minimum absolute atomic E-state index is 0.445. The van der Waals surface area contributed by atoms with E-state index in [1.165, 1.54) is 11.1 Å². The summed E-state index contributed by atoms with van der Waals surface area (Å²) in [5, 5.41) is 9.92. The van der Waals surface area contributed by atoms with Crippen molar-refractivity contribution in [2.45, 2.75) is 25.3 Å². The summed E-state index contributed by atoms with van der Waals surface area (Å²) in [7, 11) is 2.19. The highest BCUT2D eigenvalue weighted by atomic mass is 16.3. The van der Waals surface area contributed by atoms with Crippen molar-refractivity contribution in [3.05, 3.63) is 65.2 Å². The largest absolute Gasteiger partial charge is 0.508 e. The highest BCUT2D eigenvalue weighted by Gasteiger charge is 2.27. The Kier molecular flexibility index (Phi) is 3.75. The fourth-order valence-electron chi connectivity index (χ4n) is 3.18. The van der Waals surface area contributed by atoms with Gasteiger partial charge in [0.25, 0.3) is 0 Å². The molecule has 0 fully saturated rings. The lowest BCUT2D eigenvalue weighted by molar-refractivity contribution is 0.247. The van der Waals surface area contributed by atoms with E-state index in [0.29, 0.717) is 11.8 Å². The minimum atomic E-state index is 0.445. The van der Waals surface area contributed by atoms with Crippen LogP contribution >= 0.6 is 0 Å². The monoisotopic (exact) mass is 267 g/mol. The van der Waals surface area contributed by atoms with Gasteiger partial charge in [-0.25, -0.2) is 0 Å². The summed E-state index contributed by atoms with van der Waals surface area (Å²) >= 11 is 0. The quantitative estimate of drug-likeness (QED) is 0.915. The topological polar surface area (TPSA) is 23.5 Å². The molecule has 2 aromatic rings. The molecule has 0 amide bonds. The molecule has 0 spiro atoms. The van der Waals surface area contributed by atoms with Gasteiger partial charge in [0.1, 0.15) is 5.75 Å². The van der Waals surface area contributed by atoms with Crippen molar-refractivity contribution in [1.29, 1.82) is 0 Å². The van der Waals surface area contributed by atoms with E-state index < -0.39 is 0 Å². The highest BCUT2D eigenvalue weighted by molar-refractivity contribution is 5.44. The molecule has 0 aliphatic heterocycles. The summed E-state index contributed by atoms with van der Waals surface area (Å²) in [6.07, 6.45) is 3.17. The molecule has 0 saturated heterocycles. The van der Waals surface area contributed by atoms with Gasteiger partial charge in [-0.05, 0) is 49.1 Å². The molecule has 2 heteroatoms. The van der Waals surface area contributed by atoms with E-state index in [1.54, 1.807) is 6.07 Å². The van der Waals surface area contributed by atoms with Crippen LogP contribution in [0.3, 0.4) is 0 Å². The first kappa shape index (κ1) is 13.2. The number of aromatic hydroxyl groups is 1. The van der Waals surface area contributed by atoms with Gasteiger partial charge >= 0.3 is 0 Å². The van der Waals surface area contributed by atoms with Gasteiger partial charge in [-0.2, -0.15) is 0 Å². The van der Waals surface area contributed by atoms with Crippen molar-refractivity contribution in [2.75, 3.05) is 13.6 Å². The van der Waals surface area contributed by atoms with Crippen LogP contribution in [0.1, 0.15) is 29.2 Å². The van der Waals surface area contributed by atoms with Crippen LogP contribution in [0.5, 0.6) is 5.75 Å². The van der Waals surface area contributed by atoms with Crippen molar-refractivity contribution >= 4 is 0 Å². The highest BCUT2D eigenvalue weighted by Crippen LogP contribution is 2.39. The lowest BCUT2D eigenvalue weighted by Crippen LogP contribution is -2.25. The third-order valence-corrected chi connectivity index (χ3v) is 4.34. The predicted octanol–water partition coefficient (Wildman–Crippen LogP) is 3.55. The Morgan fingerprint density at radius 1 is 1.10 bits per heavy atom. The van der Waals surface area contributed by atoms with Gasteiger partial charge in [-0.1, -0.05) is 42.5 Å². The van der Waals surface area contributed by atoms with Crippen LogP contribution in [0.25, 0.3) is 0 Å². The van der Waals surface area contributed by atoms with E-state index in [2.05, 4.69) is 48.3 Å². The number of likely N-dealkylation sites (N-methyl/N-ethyl adjacent to an activating group) is 1. The van der Waals surface area contributed by atoms with Crippen LogP contribution in [0.15, 0.2) is 48.5 Å². The van der Waals surface area contributed by atoms with Crippen LogP contribution in [-0.4, -0.2) is 23.6 Å². The molecular weight excluding hydrogens is 246 g/mol. The smallest absolute Gasteiger partial charge is 0.119 e. The Morgan fingerprint density at radius 3 is 2.70 bits per heavy atom. The first-order valence-corrected chi connectivity index (χ1v) is 7.30. The van der Waals surface area contributed by atoms with Crippen molar-refractivity contribution < 1.29 is 5.11 Å². The molecule has 2 nitrogen and oxygen atoms in total. The number of phenolic OH excluding ortho intramolecular Hbond substituents is 1. The molecule has 0 saturated carbocycles. The number of nitrogens with zero attached hydrogens (tertiary/aromatic N) is 1. The van der Waals surface area contributed by atoms with Gasteiger partial charge < -0.3 is 5.11 Å². The fraction of sp³-hybridized carbons (Fsp3) is 0.333. The van der Waals surface area contributed by atoms with Crippen LogP contribution in [0, 0.1) is 0 Å². The Hall–Kier alpha value is -1.80. The van der Waals surface area contributed by atoms with Gasteiger partial charge in [-0.3, -0.25) is 4.90 Å². The van der Waals surface area contributed by atoms with E-state index in [0.717, 1.165) is 31.4 Å². The first-order valence-electron chi connectivity index (χ1n) is 7.30. The van der Waals surface area contributed by atoms with Gasteiger partial charge in [0.05, 0.1) is 0 Å². The lowest BCUT2D eigenvalue weighted by Gasteiger charge is -2.25. The van der Waals surface area contributed by atoms with Gasteiger partial charge in [0.2, 0.25) is 0 Å². The van der Waals surface area contributed by atoms with E-state index in [4.69, 9.17) is 0 Å². The van der Waals surface area contributed by atoms with E-state index in [-0.39, 0.29) is 0 Å². The molecule has 104 valence electrons. The summed E-state index contributed by atoms with van der Waals surface area (Å²) in [6.45, 7) is 1.05. The summed E-state index contributed by atoms with van der Waals surface area (Å²) in [5.74, 6) is 0.460. The number of phenols is 1. The number of hydrogen-bond acceptors (Lipinski definition) is 2. The molecule has 1 aliphatic carbocycles. The Labute approximate surface area is 120 Å². The maximum atomic E-state index is 9.92. The van der Waals surface area contributed by atoms with Crippen molar-refractivity contribution in [1.82, 2.24) is 4.90 Å². The number of benzene rings is 2. The van der Waals surface area contributed by atoms with Gasteiger partial charge in [0, 0.05) is 12.6 Å². The fourth-order valence-corrected chi connectivity index (χ4v) is 3.18. The second kappa shape index (κ2) is 5.68. The SMILES string of the molecule is CN(CCc1ccccc1)C1CCc2c(O)cccc21. The second-order valence-electron chi connectivity index (χ2n) is 5.62. The predicted molar refractivity (Wildman–Crippen MR) is 81.9 cm³/mol. The van der Waals surface area contributed by atoms with E-state index in [9.17, 15) is 5.11 Å². The first-order chi connectivity index (χ1) is 9.75. The average Bonchev–Trinajstić information content (AvgIpc) is 2.91. The molecule has 2 aromatic carbocycles. The Morgan fingerprint density at radius 2 is 1.90 bits per heavy atom. The standard InChI is InChI=1S/C18H21NO/c1-19(13-12-14-6-3-2-4-7-14)17-11-10-16-15(17)8-5-9-18(16)20/h2-9,17,20H,10-13H2,1H3. The summed E-state index contributed by atoms with van der Waals surface area (Å²) in [6, 6.07) is 17.0. The van der Waals surface area contributed by atoms with Crippen molar-refractivity contribution in [3.8, 4) is 5.75 Å². The van der Waals surface area contributed by atoms with Crippen LogP contribution in [0.4, 0.5) is 0 Å². The van der Waals surface area contributed by atoms with E-state index >= 15 is 0 Å². The molecule has 0 aromatic heterocycles. The Bertz CT molecular complexity index is 579. The molecule has 0 radical (unpaired) electrons. The zero-order valence-electron chi connectivity index (χ0n) is 11.9. The Balaban J connectivity index is 1.68. The maximum absolute atomic E-state index is 9.92. The van der Waals surface area contributed by atoms with Crippen LogP contribution in [-0.2, 0) is 12.8 Å². The normalized spacial score (nSPS) is 17.4. The summed E-state index contributed by atoms with van der Waals surface area (Å²) in [5.41, 5.74) is 3.83. The maximum Gasteiger partial charge on any atom is 0.119 e. The van der Waals surface area contributed by atoms with Gasteiger partial charge in [-0.15, -0.1) is 0 Å². The number of hydrogen-bond donors (Lipinski definition) is 1. The zero-order valence-corrected chi connectivity index (χ0v) is 11.9. The van der Waals surface area contributed by atoms with Gasteiger partial charge in [0.15, 0.2) is 0 Å². The molecule has 1 N–H and O–H groups in total. The van der Waals surface area contributed by atoms with Crippen molar-refractivity contribution in [3.63, 3.8) is 0 Å². The van der Waals surface area contributed by atoms with Crippen LogP contribution < -0.4 is 0 Å². The molecule has 1 atom stereocenters. The van der Waals surface area contributed by atoms with E-state index in [1.807, 2.05) is 6.07 Å². The molecule has 20 heavy (non-hydrogen) atoms. The van der Waals surface area contributed by atoms with Crippen LogP contribution in [0.2, 0.25) is 0 Å². The molecule has 1 unspecified atom stereocenters. The number of rotatable bonds is 4. The third-order valence-electron chi connectivity index (χ3n) is 4.34. The second-order valence-corrected chi connectivity index (χ2v) is 5.62. The molecule has 0 bridgehead atoms. The molecular formula is C18H21NO. The molecule has 1 aliphatic rings. The summed E-state index contributed by atoms with van der Waals surface area (Å²) < 4.78 is 0. The number of fused-ring (bicyclic) bond motifs is 1. The van der Waals surface area contributed by atoms with Crippen molar-refractivity contribution in [2.24, 2.45) is 0 Å². The average molecular weight is 267 g/mol. The minimum Gasteiger partial charge on any atom is -0.508 e. The molecule has 0 heterocycles. The summed E-state index contributed by atoms with van der Waals surface area (Å²) in [4.78, 5) is 2.41.